The summed E-state index contributed by atoms with van der Waals surface area (Å²) in [6, 6.07) is 7.50. The van der Waals surface area contributed by atoms with Crippen molar-refractivity contribution in [1.82, 2.24) is 19.4 Å². The maximum Gasteiger partial charge on any atom is 0.421 e. The van der Waals surface area contributed by atoms with Crippen molar-refractivity contribution in [2.24, 2.45) is 0 Å². The van der Waals surface area contributed by atoms with Crippen LogP contribution in [0.25, 0.3) is 11.0 Å². The van der Waals surface area contributed by atoms with Crippen LogP contribution in [0, 0.1) is 0 Å². The molecule has 0 aliphatic rings. The Morgan fingerprint density at radius 2 is 2.15 bits per heavy atom. The smallest absolute Gasteiger partial charge is 0.421 e. The fraction of sp³-hybridized carbons (Fsp3) is 0.273. The van der Waals surface area contributed by atoms with Crippen LogP contribution >= 0.6 is 0 Å². The monoisotopic (exact) mass is 298 g/mol. The van der Waals surface area contributed by atoms with Crippen LogP contribution in [0.5, 0.6) is 0 Å². The van der Waals surface area contributed by atoms with Crippen molar-refractivity contribution in [2.45, 2.75) is 6.42 Å². The molecule has 1 aromatic heterocycles. The standard InChI is InChI=1S/C11H14N4O4S/c1-19-11(16)15-20(17,18)12-7-6-10-13-8-4-2-3-5-9(8)14-10/h2-5,12H,6-7H2,1H3,(H,13,14)(H,15,16). The molecule has 1 amide bonds. The minimum absolute atomic E-state index is 0.103. The van der Waals surface area contributed by atoms with E-state index in [9.17, 15) is 13.2 Å². The van der Waals surface area contributed by atoms with Crippen molar-refractivity contribution in [1.29, 1.82) is 0 Å². The molecule has 20 heavy (non-hydrogen) atoms. The molecule has 0 spiro atoms. The Kier molecular flexibility index (Phi) is 4.20. The van der Waals surface area contributed by atoms with E-state index in [1.165, 1.54) is 0 Å². The van der Waals surface area contributed by atoms with Gasteiger partial charge in [-0.15, -0.1) is 0 Å². The van der Waals surface area contributed by atoms with Gasteiger partial charge >= 0.3 is 16.3 Å². The van der Waals surface area contributed by atoms with E-state index in [2.05, 4.69) is 19.4 Å². The lowest BCUT2D eigenvalue weighted by Crippen LogP contribution is -2.41. The molecule has 2 aromatic rings. The SMILES string of the molecule is COC(=O)NS(=O)(=O)NCCc1nc2ccccc2[nH]1. The first-order chi connectivity index (χ1) is 9.50. The van der Waals surface area contributed by atoms with Gasteiger partial charge in [0, 0.05) is 13.0 Å². The molecule has 0 aliphatic carbocycles. The number of benzene rings is 1. The topological polar surface area (TPSA) is 113 Å². The minimum atomic E-state index is -3.91. The first-order valence-corrected chi connectivity index (χ1v) is 7.27. The van der Waals surface area contributed by atoms with Crippen molar-refractivity contribution >= 4 is 27.3 Å². The maximum atomic E-state index is 11.4. The summed E-state index contributed by atoms with van der Waals surface area (Å²) < 4.78 is 30.9. The van der Waals surface area contributed by atoms with E-state index < -0.39 is 16.3 Å². The zero-order chi connectivity index (χ0) is 14.6. The van der Waals surface area contributed by atoms with E-state index in [4.69, 9.17) is 0 Å². The van der Waals surface area contributed by atoms with Gasteiger partial charge in [-0.3, -0.25) is 0 Å². The molecular formula is C11H14N4O4S. The van der Waals surface area contributed by atoms with E-state index in [0.29, 0.717) is 12.2 Å². The molecule has 1 heterocycles. The number of aromatic amines is 1. The molecule has 0 aliphatic heterocycles. The minimum Gasteiger partial charge on any atom is -0.452 e. The highest BCUT2D eigenvalue weighted by atomic mass is 32.2. The molecule has 2 rings (SSSR count). The molecule has 0 bridgehead atoms. The lowest BCUT2D eigenvalue weighted by atomic mass is 10.3. The number of carbonyl (C=O) groups excluding carboxylic acids is 1. The lowest BCUT2D eigenvalue weighted by Gasteiger charge is -2.06. The third kappa shape index (κ3) is 3.68. The Balaban J connectivity index is 1.91. The van der Waals surface area contributed by atoms with Crippen LogP contribution in [0.4, 0.5) is 4.79 Å². The van der Waals surface area contributed by atoms with Crippen molar-refractivity contribution in [3.05, 3.63) is 30.1 Å². The van der Waals surface area contributed by atoms with E-state index in [0.717, 1.165) is 18.1 Å². The summed E-state index contributed by atoms with van der Waals surface area (Å²) in [5.41, 5.74) is 1.70. The van der Waals surface area contributed by atoms with Crippen LogP contribution in [-0.4, -0.2) is 38.1 Å². The number of H-pyrrole nitrogens is 1. The first-order valence-electron chi connectivity index (χ1n) is 5.79. The van der Waals surface area contributed by atoms with Crippen LogP contribution < -0.4 is 9.44 Å². The number of rotatable bonds is 5. The number of fused-ring (bicyclic) bond motifs is 1. The molecule has 0 fully saturated rings. The van der Waals surface area contributed by atoms with Gasteiger partial charge in [-0.1, -0.05) is 12.1 Å². The Morgan fingerprint density at radius 3 is 2.85 bits per heavy atom. The van der Waals surface area contributed by atoms with Crippen LogP contribution in [0.3, 0.4) is 0 Å². The number of ether oxygens (including phenoxy) is 1. The number of hydrogen-bond acceptors (Lipinski definition) is 5. The first kappa shape index (κ1) is 14.3. The van der Waals surface area contributed by atoms with E-state index >= 15 is 0 Å². The predicted octanol–water partition coefficient (Wildman–Crippen LogP) is 0.296. The summed E-state index contributed by atoms with van der Waals surface area (Å²) in [4.78, 5) is 18.2. The molecule has 0 unspecified atom stereocenters. The second-order valence-electron chi connectivity index (χ2n) is 3.94. The Labute approximate surface area is 115 Å². The van der Waals surface area contributed by atoms with E-state index in [1.54, 1.807) is 4.72 Å². The van der Waals surface area contributed by atoms with Gasteiger partial charge < -0.3 is 9.72 Å². The highest BCUT2D eigenvalue weighted by Gasteiger charge is 2.13. The Morgan fingerprint density at radius 1 is 1.40 bits per heavy atom. The second-order valence-corrected chi connectivity index (χ2v) is 5.44. The molecule has 8 nitrogen and oxygen atoms in total. The van der Waals surface area contributed by atoms with Crippen molar-refractivity contribution in [3.63, 3.8) is 0 Å². The highest BCUT2D eigenvalue weighted by molar-refractivity contribution is 7.88. The summed E-state index contributed by atoms with van der Waals surface area (Å²) in [6.07, 6.45) is -0.669. The number of nitrogens with one attached hydrogen (secondary N) is 3. The highest BCUT2D eigenvalue weighted by Crippen LogP contribution is 2.10. The number of para-hydroxylation sites is 2. The van der Waals surface area contributed by atoms with Crippen LogP contribution in [0.15, 0.2) is 24.3 Å². The fourth-order valence-electron chi connectivity index (χ4n) is 1.62. The molecule has 0 saturated carbocycles. The quantitative estimate of drug-likeness (QED) is 0.734. The van der Waals surface area contributed by atoms with Crippen molar-refractivity contribution < 1.29 is 17.9 Å². The van der Waals surface area contributed by atoms with Crippen LogP contribution in [0.2, 0.25) is 0 Å². The number of nitrogens with zero attached hydrogens (tertiary/aromatic N) is 1. The third-order valence-corrected chi connectivity index (χ3v) is 3.51. The largest absolute Gasteiger partial charge is 0.452 e. The molecule has 0 saturated heterocycles. The van der Waals surface area contributed by atoms with Crippen molar-refractivity contribution in [2.75, 3.05) is 13.7 Å². The van der Waals surface area contributed by atoms with Crippen LogP contribution in [-0.2, 0) is 21.4 Å². The van der Waals surface area contributed by atoms with Gasteiger partial charge in [-0.25, -0.2) is 14.5 Å². The summed E-state index contributed by atoms with van der Waals surface area (Å²) in [7, 11) is -2.83. The zero-order valence-electron chi connectivity index (χ0n) is 10.7. The summed E-state index contributed by atoms with van der Waals surface area (Å²) >= 11 is 0. The number of hydrogen-bond donors (Lipinski definition) is 3. The molecular weight excluding hydrogens is 284 g/mol. The molecule has 9 heteroatoms. The van der Waals surface area contributed by atoms with E-state index in [1.807, 2.05) is 24.3 Å². The third-order valence-electron chi connectivity index (χ3n) is 2.50. The average molecular weight is 298 g/mol. The molecule has 0 radical (unpaired) electrons. The number of aromatic nitrogens is 2. The van der Waals surface area contributed by atoms with Gasteiger partial charge in [0.25, 0.3) is 0 Å². The molecule has 108 valence electrons. The number of imidazole rings is 1. The maximum absolute atomic E-state index is 11.4. The number of methoxy groups -OCH3 is 1. The summed E-state index contributed by atoms with van der Waals surface area (Å²) in [5.74, 6) is 0.659. The normalized spacial score (nSPS) is 11.4. The van der Waals surface area contributed by atoms with Gasteiger partial charge in [0.15, 0.2) is 0 Å². The van der Waals surface area contributed by atoms with Gasteiger partial charge in [-0.05, 0) is 12.1 Å². The predicted molar refractivity (Wildman–Crippen MR) is 72.3 cm³/mol. The Bertz CT molecular complexity index is 677. The number of amides is 1. The Hall–Kier alpha value is -2.13. The van der Waals surface area contributed by atoms with Gasteiger partial charge in [-0.2, -0.15) is 13.1 Å². The van der Waals surface area contributed by atoms with E-state index in [-0.39, 0.29) is 6.54 Å². The van der Waals surface area contributed by atoms with Gasteiger partial charge in [0.1, 0.15) is 5.82 Å². The van der Waals surface area contributed by atoms with Gasteiger partial charge in [0.05, 0.1) is 18.1 Å². The summed E-state index contributed by atoms with van der Waals surface area (Å²) in [5, 5.41) is 0. The molecule has 3 N–H and O–H groups in total. The fourth-order valence-corrected chi connectivity index (χ4v) is 2.36. The lowest BCUT2D eigenvalue weighted by molar-refractivity contribution is 0.177. The second kappa shape index (κ2) is 5.88. The average Bonchev–Trinajstić information content (AvgIpc) is 2.80. The van der Waals surface area contributed by atoms with Crippen molar-refractivity contribution in [3.8, 4) is 0 Å². The van der Waals surface area contributed by atoms with Gasteiger partial charge in [0.2, 0.25) is 0 Å². The molecule has 0 atom stereocenters. The van der Waals surface area contributed by atoms with Crippen LogP contribution in [0.1, 0.15) is 5.82 Å². The molecule has 1 aromatic carbocycles. The summed E-state index contributed by atoms with van der Waals surface area (Å²) in [6.45, 7) is 0.103. The zero-order valence-corrected chi connectivity index (χ0v) is 11.5. The number of carbonyl (C=O) groups is 1.